The molecule has 0 saturated heterocycles. The molecule has 0 amide bonds. The molecule has 1 spiro atoms. The van der Waals surface area contributed by atoms with Crippen molar-refractivity contribution in [1.82, 2.24) is 14.0 Å². The van der Waals surface area contributed by atoms with Crippen LogP contribution in [0.1, 0.15) is 22.3 Å². The lowest BCUT2D eigenvalue weighted by molar-refractivity contribution is 0.793. The van der Waals surface area contributed by atoms with Crippen LogP contribution in [-0.2, 0) is 5.41 Å². The molecule has 0 fully saturated rings. The maximum Gasteiger partial charge on any atom is 0.358 e. The predicted octanol–water partition coefficient (Wildman–Crippen LogP) is 6.86. The van der Waals surface area contributed by atoms with Crippen molar-refractivity contribution in [2.45, 2.75) is 5.41 Å². The van der Waals surface area contributed by atoms with Crippen LogP contribution in [0.2, 0.25) is 0 Å². The molecule has 5 heteroatoms. The van der Waals surface area contributed by atoms with Gasteiger partial charge in [-0.2, -0.15) is 4.98 Å². The number of rotatable bonds is 2. The van der Waals surface area contributed by atoms with Crippen LogP contribution in [0, 0.1) is 0 Å². The van der Waals surface area contributed by atoms with Crippen molar-refractivity contribution in [2.24, 2.45) is 0 Å². The first-order valence-corrected chi connectivity index (χ1v) is 14.3. The Hall–Kier alpha value is -5.81. The Labute approximate surface area is 246 Å². The molecule has 0 radical (unpaired) electrons. The Balaban J connectivity index is 1.23. The van der Waals surface area contributed by atoms with E-state index in [1.54, 1.807) is 24.4 Å². The van der Waals surface area contributed by atoms with Crippen LogP contribution in [-0.4, -0.2) is 14.0 Å². The van der Waals surface area contributed by atoms with Crippen LogP contribution in [0.15, 0.2) is 149 Å². The molecule has 2 aromatic heterocycles. The van der Waals surface area contributed by atoms with Gasteiger partial charge in [0.15, 0.2) is 0 Å². The summed E-state index contributed by atoms with van der Waals surface area (Å²) in [5, 5.41) is 0. The van der Waals surface area contributed by atoms with Gasteiger partial charge in [0.1, 0.15) is 5.65 Å². The van der Waals surface area contributed by atoms with Crippen molar-refractivity contribution < 1.29 is 0 Å². The van der Waals surface area contributed by atoms with E-state index in [-0.39, 0.29) is 0 Å². The zero-order valence-electron chi connectivity index (χ0n) is 22.9. The average Bonchev–Trinajstić information content (AvgIpc) is 3.52. The molecule has 0 bridgehead atoms. The van der Waals surface area contributed by atoms with Gasteiger partial charge in [0, 0.05) is 6.20 Å². The Morgan fingerprint density at radius 1 is 0.512 bits per heavy atom. The number of pyridine rings is 1. The third-order valence-corrected chi connectivity index (χ3v) is 9.09. The van der Waals surface area contributed by atoms with Crippen LogP contribution in [0.4, 0.5) is 0 Å². The largest absolute Gasteiger partial charge is 0.358 e. The minimum atomic E-state index is -0.597. The first-order valence-electron chi connectivity index (χ1n) is 14.3. The maximum atomic E-state index is 13.2. The van der Waals surface area contributed by atoms with Crippen LogP contribution >= 0.6 is 0 Å². The molecule has 7 aromatic rings. The first-order chi connectivity index (χ1) is 21.2. The van der Waals surface area contributed by atoms with Gasteiger partial charge in [0.2, 0.25) is 0 Å². The molecule has 0 aliphatic heterocycles. The molecular formula is C38H23N3O2. The van der Waals surface area contributed by atoms with Gasteiger partial charge < -0.3 is 0 Å². The molecular weight excluding hydrogens is 530 g/mol. The summed E-state index contributed by atoms with van der Waals surface area (Å²) in [6.45, 7) is 0. The molecule has 0 saturated carbocycles. The van der Waals surface area contributed by atoms with E-state index in [9.17, 15) is 9.59 Å². The lowest BCUT2D eigenvalue weighted by atomic mass is 9.70. The van der Waals surface area contributed by atoms with Crippen molar-refractivity contribution in [2.75, 3.05) is 0 Å². The fraction of sp³-hybridized carbons (Fsp3) is 0.0263. The Morgan fingerprint density at radius 2 is 1.05 bits per heavy atom. The fourth-order valence-corrected chi connectivity index (χ4v) is 7.32. The minimum absolute atomic E-state index is 0.327. The van der Waals surface area contributed by atoms with E-state index in [1.165, 1.54) is 48.9 Å². The van der Waals surface area contributed by atoms with Crippen molar-refractivity contribution in [1.29, 1.82) is 0 Å². The van der Waals surface area contributed by atoms with E-state index >= 15 is 0 Å². The summed E-state index contributed by atoms with van der Waals surface area (Å²) in [4.78, 5) is 30.1. The van der Waals surface area contributed by atoms with E-state index < -0.39 is 16.8 Å². The molecule has 0 atom stereocenters. The Bertz CT molecular complexity index is 2340. The van der Waals surface area contributed by atoms with Crippen LogP contribution in [0.5, 0.6) is 0 Å². The lowest BCUT2D eigenvalue weighted by Crippen LogP contribution is -2.37. The Morgan fingerprint density at radius 3 is 1.67 bits per heavy atom. The van der Waals surface area contributed by atoms with Crippen LogP contribution in [0.3, 0.4) is 0 Å². The van der Waals surface area contributed by atoms with E-state index in [4.69, 9.17) is 0 Å². The highest BCUT2D eigenvalue weighted by Gasteiger charge is 2.51. The van der Waals surface area contributed by atoms with Crippen LogP contribution in [0.25, 0.3) is 44.7 Å². The van der Waals surface area contributed by atoms with E-state index in [0.717, 1.165) is 15.7 Å². The summed E-state index contributed by atoms with van der Waals surface area (Å²) in [6.07, 6.45) is 1.62. The standard InChI is InChI=1S/C38H23N3O2/c42-36-39-35-15-7-8-22-40(35)37(43)41(36)26-19-16-24(17-20-26)25-18-21-30-29-11-3-6-14-33(29)38(34(30)23-25)31-12-4-1-9-27(31)28-10-2-5-13-32(28)38/h1-23H. The topological polar surface area (TPSA) is 56.4 Å². The van der Waals surface area contributed by atoms with Crippen molar-refractivity contribution in [3.05, 3.63) is 183 Å². The molecule has 202 valence electrons. The van der Waals surface area contributed by atoms with Crippen LogP contribution < -0.4 is 11.4 Å². The maximum absolute atomic E-state index is 13.2. The van der Waals surface area contributed by atoms with E-state index in [0.29, 0.717) is 11.3 Å². The van der Waals surface area contributed by atoms with Crippen molar-refractivity contribution >= 4 is 5.65 Å². The second-order valence-corrected chi connectivity index (χ2v) is 11.1. The summed E-state index contributed by atoms with van der Waals surface area (Å²) >= 11 is 0. The van der Waals surface area contributed by atoms with E-state index in [1.807, 2.05) is 24.3 Å². The third kappa shape index (κ3) is 3.08. The van der Waals surface area contributed by atoms with Gasteiger partial charge in [0.25, 0.3) is 0 Å². The SMILES string of the molecule is O=c1nc2ccccn2c(=O)n1-c1ccc(-c2ccc3c(c2)C2(c4ccccc4-c4ccccc42)c2ccccc2-3)cc1. The van der Waals surface area contributed by atoms with Gasteiger partial charge in [-0.1, -0.05) is 103 Å². The second-order valence-electron chi connectivity index (χ2n) is 11.1. The molecule has 0 N–H and O–H groups in total. The lowest BCUT2D eigenvalue weighted by Gasteiger charge is -2.30. The molecule has 2 aliphatic rings. The molecule has 9 rings (SSSR count). The third-order valence-electron chi connectivity index (χ3n) is 9.09. The van der Waals surface area contributed by atoms with Crippen molar-refractivity contribution in [3.8, 4) is 39.1 Å². The van der Waals surface area contributed by atoms with E-state index in [2.05, 4.69) is 96.0 Å². The number of nitrogens with zero attached hydrogens (tertiary/aromatic N) is 3. The van der Waals surface area contributed by atoms with Crippen molar-refractivity contribution in [3.63, 3.8) is 0 Å². The van der Waals surface area contributed by atoms with Gasteiger partial charge in [-0.05, 0) is 86.0 Å². The summed E-state index contributed by atoms with van der Waals surface area (Å²) < 4.78 is 2.49. The van der Waals surface area contributed by atoms with Gasteiger partial charge in [0.05, 0.1) is 11.1 Å². The summed E-state index contributed by atoms with van der Waals surface area (Å²) in [5.41, 5.74) is 11.6. The molecule has 2 heterocycles. The number of benzene rings is 5. The summed E-state index contributed by atoms with van der Waals surface area (Å²) in [7, 11) is 0. The molecule has 0 unspecified atom stereocenters. The highest BCUT2D eigenvalue weighted by atomic mass is 16.2. The number of hydrogen-bond donors (Lipinski definition) is 0. The fourth-order valence-electron chi connectivity index (χ4n) is 7.32. The van der Waals surface area contributed by atoms with Gasteiger partial charge in [-0.3, -0.25) is 4.40 Å². The first kappa shape index (κ1) is 23.9. The number of fused-ring (bicyclic) bond motifs is 11. The van der Waals surface area contributed by atoms with Gasteiger partial charge >= 0.3 is 11.4 Å². The zero-order chi connectivity index (χ0) is 28.7. The normalized spacial score (nSPS) is 13.5. The highest BCUT2D eigenvalue weighted by molar-refractivity contribution is 5.95. The average molecular weight is 554 g/mol. The molecule has 2 aliphatic carbocycles. The zero-order valence-corrected chi connectivity index (χ0v) is 22.9. The number of aromatic nitrogens is 3. The summed E-state index contributed by atoms with van der Waals surface area (Å²) in [6, 6.07) is 45.7. The summed E-state index contributed by atoms with van der Waals surface area (Å²) in [5.74, 6) is 0. The Kier molecular flexibility index (Phi) is 4.77. The number of hydrogen-bond acceptors (Lipinski definition) is 3. The smallest absolute Gasteiger partial charge is 0.252 e. The molecule has 5 aromatic carbocycles. The molecule has 43 heavy (non-hydrogen) atoms. The quantitative estimate of drug-likeness (QED) is 0.235. The second kappa shape index (κ2) is 8.60. The van der Waals surface area contributed by atoms with Gasteiger partial charge in [-0.25, -0.2) is 14.2 Å². The minimum Gasteiger partial charge on any atom is -0.252 e. The predicted molar refractivity (Wildman–Crippen MR) is 169 cm³/mol. The van der Waals surface area contributed by atoms with Gasteiger partial charge in [-0.15, -0.1) is 0 Å². The molecule has 5 nitrogen and oxygen atoms in total. The highest BCUT2D eigenvalue weighted by Crippen LogP contribution is 2.62. The monoisotopic (exact) mass is 553 g/mol.